The predicted octanol–water partition coefficient (Wildman–Crippen LogP) is 2.12. The summed E-state index contributed by atoms with van der Waals surface area (Å²) in [7, 11) is 1.70. The molecule has 1 aliphatic rings. The molecule has 1 atom stereocenters. The van der Waals surface area contributed by atoms with E-state index in [0.29, 0.717) is 25.2 Å². The van der Waals surface area contributed by atoms with Crippen molar-refractivity contribution < 1.29 is 14.2 Å². The van der Waals surface area contributed by atoms with Gasteiger partial charge in [0.15, 0.2) is 5.96 Å². The number of nitrogens with one attached hydrogen (secondary N) is 2. The number of rotatable bonds is 15. The Hall–Kier alpha value is -0.890. The molecule has 1 unspecified atom stereocenters. The highest BCUT2D eigenvalue weighted by molar-refractivity contribution is 5.79. The standard InChI is InChI=1S/C21H44N4O3/c1-5-19(6-2)20(25-11-14-28-15-12-25)18-24-21(22-7-3)23-10-8-9-13-27-17-16-26-4/h19-20H,5-18H2,1-4H3,(H2,22,23,24). The zero-order chi connectivity index (χ0) is 20.5. The predicted molar refractivity (Wildman–Crippen MR) is 116 cm³/mol. The fourth-order valence-corrected chi connectivity index (χ4v) is 3.61. The van der Waals surface area contributed by atoms with E-state index in [-0.39, 0.29) is 0 Å². The van der Waals surface area contributed by atoms with Crippen LogP contribution in [-0.2, 0) is 14.2 Å². The van der Waals surface area contributed by atoms with Crippen molar-refractivity contribution in [3.63, 3.8) is 0 Å². The summed E-state index contributed by atoms with van der Waals surface area (Å²) in [6.07, 6.45) is 4.50. The van der Waals surface area contributed by atoms with Gasteiger partial charge in [0.05, 0.1) is 33.0 Å². The molecule has 0 aromatic heterocycles. The highest BCUT2D eigenvalue weighted by Crippen LogP contribution is 2.20. The molecule has 166 valence electrons. The molecule has 1 aliphatic heterocycles. The smallest absolute Gasteiger partial charge is 0.191 e. The summed E-state index contributed by atoms with van der Waals surface area (Å²) in [5, 5.41) is 6.85. The van der Waals surface area contributed by atoms with Crippen molar-refractivity contribution >= 4 is 5.96 Å². The number of aliphatic imine (C=N–C) groups is 1. The molecule has 0 aromatic rings. The Morgan fingerprint density at radius 2 is 1.79 bits per heavy atom. The van der Waals surface area contributed by atoms with E-state index in [2.05, 4.69) is 36.3 Å². The third-order valence-corrected chi connectivity index (χ3v) is 5.33. The highest BCUT2D eigenvalue weighted by atomic mass is 16.5. The SMILES string of the molecule is CCNC(=NCC(C(CC)CC)N1CCOCC1)NCCCCOCCOC. The Morgan fingerprint density at radius 1 is 1.04 bits per heavy atom. The molecule has 7 heteroatoms. The fourth-order valence-electron chi connectivity index (χ4n) is 3.61. The summed E-state index contributed by atoms with van der Waals surface area (Å²) in [4.78, 5) is 7.50. The Labute approximate surface area is 172 Å². The van der Waals surface area contributed by atoms with Crippen LogP contribution in [0.2, 0.25) is 0 Å². The van der Waals surface area contributed by atoms with Crippen molar-refractivity contribution in [3.8, 4) is 0 Å². The molecule has 2 N–H and O–H groups in total. The molecule has 0 spiro atoms. The number of guanidine groups is 1. The number of unbranched alkanes of at least 4 members (excludes halogenated alkanes) is 1. The molecule has 0 radical (unpaired) electrons. The molecule has 0 bridgehead atoms. The quantitative estimate of drug-likeness (QED) is 0.249. The number of nitrogens with zero attached hydrogens (tertiary/aromatic N) is 2. The summed E-state index contributed by atoms with van der Waals surface area (Å²) < 4.78 is 16.0. The van der Waals surface area contributed by atoms with Gasteiger partial charge in [-0.2, -0.15) is 0 Å². The molecule has 1 heterocycles. The molecule has 0 aromatic carbocycles. The van der Waals surface area contributed by atoms with Gasteiger partial charge in [0.25, 0.3) is 0 Å². The molecule has 0 amide bonds. The topological polar surface area (TPSA) is 67.4 Å². The van der Waals surface area contributed by atoms with Crippen LogP contribution in [0.5, 0.6) is 0 Å². The molecule has 0 aliphatic carbocycles. The number of hydrogen-bond acceptors (Lipinski definition) is 5. The van der Waals surface area contributed by atoms with Crippen molar-refractivity contribution in [2.24, 2.45) is 10.9 Å². The van der Waals surface area contributed by atoms with Gasteiger partial charge >= 0.3 is 0 Å². The largest absolute Gasteiger partial charge is 0.382 e. The van der Waals surface area contributed by atoms with Crippen molar-refractivity contribution in [2.45, 2.75) is 52.5 Å². The maximum Gasteiger partial charge on any atom is 0.191 e. The maximum absolute atomic E-state index is 5.55. The van der Waals surface area contributed by atoms with E-state index in [1.807, 2.05) is 0 Å². The van der Waals surface area contributed by atoms with E-state index >= 15 is 0 Å². The van der Waals surface area contributed by atoms with Gasteiger partial charge in [-0.05, 0) is 25.7 Å². The normalized spacial score (nSPS) is 17.1. The van der Waals surface area contributed by atoms with E-state index < -0.39 is 0 Å². The first-order valence-electron chi connectivity index (χ1n) is 11.2. The minimum absolute atomic E-state index is 0.489. The molecule has 1 fully saturated rings. The minimum atomic E-state index is 0.489. The van der Waals surface area contributed by atoms with E-state index in [1.165, 1.54) is 12.8 Å². The van der Waals surface area contributed by atoms with Crippen LogP contribution in [0.3, 0.4) is 0 Å². The third-order valence-electron chi connectivity index (χ3n) is 5.33. The van der Waals surface area contributed by atoms with Gasteiger partial charge in [0.1, 0.15) is 0 Å². The number of morpholine rings is 1. The van der Waals surface area contributed by atoms with Gasteiger partial charge in [-0.25, -0.2) is 0 Å². The number of methoxy groups -OCH3 is 1. The van der Waals surface area contributed by atoms with Crippen LogP contribution in [0.4, 0.5) is 0 Å². The number of hydrogen-bond donors (Lipinski definition) is 2. The summed E-state index contributed by atoms with van der Waals surface area (Å²) in [5.74, 6) is 1.60. The van der Waals surface area contributed by atoms with Crippen molar-refractivity contribution in [1.29, 1.82) is 0 Å². The first-order chi connectivity index (χ1) is 13.8. The van der Waals surface area contributed by atoms with Crippen LogP contribution in [0, 0.1) is 5.92 Å². The number of ether oxygens (including phenoxy) is 3. The van der Waals surface area contributed by atoms with Gasteiger partial charge in [-0.15, -0.1) is 0 Å². The molecule has 0 saturated carbocycles. The first kappa shape index (κ1) is 25.1. The zero-order valence-corrected chi connectivity index (χ0v) is 18.7. The van der Waals surface area contributed by atoms with E-state index in [0.717, 1.165) is 71.3 Å². The lowest BCUT2D eigenvalue weighted by atomic mass is 9.92. The third kappa shape index (κ3) is 10.6. The second kappa shape index (κ2) is 17.0. The van der Waals surface area contributed by atoms with Crippen LogP contribution >= 0.6 is 0 Å². The Kier molecular flexibility index (Phi) is 15.3. The van der Waals surface area contributed by atoms with Crippen LogP contribution in [0.25, 0.3) is 0 Å². The fraction of sp³-hybridized carbons (Fsp3) is 0.952. The summed E-state index contributed by atoms with van der Waals surface area (Å²) in [5.41, 5.74) is 0. The van der Waals surface area contributed by atoms with Crippen molar-refractivity contribution in [1.82, 2.24) is 15.5 Å². The summed E-state index contributed by atoms with van der Waals surface area (Å²) in [6.45, 7) is 15.2. The Balaban J connectivity index is 2.46. The van der Waals surface area contributed by atoms with Gasteiger partial charge in [0, 0.05) is 45.9 Å². The molecular formula is C21H44N4O3. The summed E-state index contributed by atoms with van der Waals surface area (Å²) in [6, 6.07) is 0.489. The molecule has 7 nitrogen and oxygen atoms in total. The second-order valence-corrected chi connectivity index (χ2v) is 7.25. The van der Waals surface area contributed by atoms with Gasteiger partial charge < -0.3 is 24.8 Å². The van der Waals surface area contributed by atoms with Crippen LogP contribution in [0.15, 0.2) is 4.99 Å². The molecular weight excluding hydrogens is 356 g/mol. The van der Waals surface area contributed by atoms with Gasteiger partial charge in [-0.3, -0.25) is 9.89 Å². The summed E-state index contributed by atoms with van der Waals surface area (Å²) >= 11 is 0. The maximum atomic E-state index is 5.55. The van der Waals surface area contributed by atoms with Crippen LogP contribution < -0.4 is 10.6 Å². The Morgan fingerprint density at radius 3 is 2.43 bits per heavy atom. The lowest BCUT2D eigenvalue weighted by molar-refractivity contribution is 0.00395. The van der Waals surface area contributed by atoms with E-state index in [9.17, 15) is 0 Å². The highest BCUT2D eigenvalue weighted by Gasteiger charge is 2.26. The van der Waals surface area contributed by atoms with E-state index in [1.54, 1.807) is 7.11 Å². The van der Waals surface area contributed by atoms with Crippen LogP contribution in [-0.4, -0.2) is 89.8 Å². The first-order valence-corrected chi connectivity index (χ1v) is 11.2. The average molecular weight is 401 g/mol. The van der Waals surface area contributed by atoms with Gasteiger partial charge in [-0.1, -0.05) is 26.7 Å². The van der Waals surface area contributed by atoms with Gasteiger partial charge in [0.2, 0.25) is 0 Å². The lowest BCUT2D eigenvalue weighted by Crippen LogP contribution is -2.49. The van der Waals surface area contributed by atoms with Crippen molar-refractivity contribution in [2.75, 3.05) is 72.9 Å². The minimum Gasteiger partial charge on any atom is -0.382 e. The van der Waals surface area contributed by atoms with E-state index in [4.69, 9.17) is 19.2 Å². The second-order valence-electron chi connectivity index (χ2n) is 7.25. The molecule has 28 heavy (non-hydrogen) atoms. The molecule has 1 rings (SSSR count). The molecule has 1 saturated heterocycles. The Bertz CT molecular complexity index is 386. The zero-order valence-electron chi connectivity index (χ0n) is 18.7. The van der Waals surface area contributed by atoms with Crippen LogP contribution in [0.1, 0.15) is 46.5 Å². The average Bonchev–Trinajstić information content (AvgIpc) is 2.73. The monoisotopic (exact) mass is 400 g/mol. The van der Waals surface area contributed by atoms with Crippen molar-refractivity contribution in [3.05, 3.63) is 0 Å². The lowest BCUT2D eigenvalue weighted by Gasteiger charge is -2.38.